The Morgan fingerprint density at radius 1 is 1.32 bits per heavy atom. The second kappa shape index (κ2) is 7.11. The first-order valence-electron chi connectivity index (χ1n) is 6.34. The summed E-state index contributed by atoms with van der Waals surface area (Å²) in [6.45, 7) is 4.05. The second-order valence-electron chi connectivity index (χ2n) is 4.99. The lowest BCUT2D eigenvalue weighted by Gasteiger charge is -2.22. The third kappa shape index (κ3) is 5.28. The van der Waals surface area contributed by atoms with Crippen LogP contribution in [0, 0.1) is 5.92 Å². The number of carbonyl (C=O) groups is 1. The summed E-state index contributed by atoms with van der Waals surface area (Å²) >= 11 is 0. The smallest absolute Gasteiger partial charge is 0.221 e. The van der Waals surface area contributed by atoms with Crippen LogP contribution in [-0.2, 0) is 11.2 Å². The van der Waals surface area contributed by atoms with Gasteiger partial charge in [0.15, 0.2) is 0 Å². The number of ether oxygens (including phenoxy) is 1. The highest BCUT2D eigenvalue weighted by Gasteiger charge is 2.18. The van der Waals surface area contributed by atoms with Gasteiger partial charge in [-0.2, -0.15) is 0 Å². The minimum atomic E-state index is -0.703. The fraction of sp³-hybridized carbons (Fsp3) is 0.500. The van der Waals surface area contributed by atoms with E-state index in [0.717, 1.165) is 5.56 Å². The number of hydrogen-bond acceptors (Lipinski definition) is 4. The van der Waals surface area contributed by atoms with Gasteiger partial charge in [0.2, 0.25) is 5.91 Å². The van der Waals surface area contributed by atoms with E-state index in [4.69, 9.17) is 16.2 Å². The average molecular weight is 266 g/mol. The Labute approximate surface area is 113 Å². The number of benzene rings is 1. The van der Waals surface area contributed by atoms with Crippen LogP contribution < -0.4 is 16.2 Å². The molecular formula is C14H22N2O3. The molecule has 2 unspecified atom stereocenters. The molecule has 1 aromatic rings. The molecule has 0 aliphatic heterocycles. The van der Waals surface area contributed by atoms with Gasteiger partial charge in [0.25, 0.3) is 0 Å². The molecule has 0 fully saturated rings. The summed E-state index contributed by atoms with van der Waals surface area (Å²) < 4.78 is 5.45. The van der Waals surface area contributed by atoms with Crippen LogP contribution in [0.5, 0.6) is 5.75 Å². The predicted octanol–water partition coefficient (Wildman–Crippen LogP) is 0.437. The molecule has 19 heavy (non-hydrogen) atoms. The first-order chi connectivity index (χ1) is 8.90. The van der Waals surface area contributed by atoms with Crippen molar-refractivity contribution in [3.05, 3.63) is 29.8 Å². The van der Waals surface area contributed by atoms with E-state index in [9.17, 15) is 9.90 Å². The molecule has 0 aliphatic carbocycles. The summed E-state index contributed by atoms with van der Waals surface area (Å²) in [7, 11) is 0. The highest BCUT2D eigenvalue weighted by atomic mass is 16.5. The lowest BCUT2D eigenvalue weighted by atomic mass is 10.0. The molecule has 2 atom stereocenters. The molecule has 5 N–H and O–H groups in total. The number of nitrogens with two attached hydrogens (primary N) is 2. The maximum Gasteiger partial charge on any atom is 0.221 e. The molecule has 0 radical (unpaired) electrons. The minimum Gasteiger partial charge on any atom is -0.491 e. The van der Waals surface area contributed by atoms with Crippen LogP contribution in [0.2, 0.25) is 0 Å². The largest absolute Gasteiger partial charge is 0.491 e. The Kier molecular flexibility index (Phi) is 5.79. The molecule has 0 aliphatic rings. The van der Waals surface area contributed by atoms with Crippen LogP contribution >= 0.6 is 0 Å². The minimum absolute atomic E-state index is 0.147. The van der Waals surface area contributed by atoms with Gasteiger partial charge >= 0.3 is 0 Å². The third-order valence-electron chi connectivity index (χ3n) is 2.94. The molecular weight excluding hydrogens is 244 g/mol. The Bertz CT molecular complexity index is 404. The second-order valence-corrected chi connectivity index (χ2v) is 4.99. The van der Waals surface area contributed by atoms with Gasteiger partial charge in [0.05, 0.1) is 6.42 Å². The summed E-state index contributed by atoms with van der Waals surface area (Å²) in [6, 6.07) is 6.72. The van der Waals surface area contributed by atoms with Gasteiger partial charge in [-0.25, -0.2) is 0 Å². The summed E-state index contributed by atoms with van der Waals surface area (Å²) in [5.74, 6) is 0.451. The Hall–Kier alpha value is -1.59. The fourth-order valence-corrected chi connectivity index (χ4v) is 1.64. The maximum absolute atomic E-state index is 10.8. The van der Waals surface area contributed by atoms with Crippen molar-refractivity contribution >= 4 is 5.91 Å². The number of aliphatic hydroxyl groups is 1. The normalized spacial score (nSPS) is 14.2. The van der Waals surface area contributed by atoms with Crippen LogP contribution in [0.3, 0.4) is 0 Å². The molecule has 1 rings (SSSR count). The van der Waals surface area contributed by atoms with E-state index in [2.05, 4.69) is 0 Å². The molecule has 106 valence electrons. The Morgan fingerprint density at radius 3 is 2.37 bits per heavy atom. The van der Waals surface area contributed by atoms with Gasteiger partial charge in [-0.15, -0.1) is 0 Å². The van der Waals surface area contributed by atoms with Crippen molar-refractivity contribution in [1.29, 1.82) is 0 Å². The third-order valence-corrected chi connectivity index (χ3v) is 2.94. The van der Waals surface area contributed by atoms with Crippen LogP contribution in [0.1, 0.15) is 19.4 Å². The lowest BCUT2D eigenvalue weighted by Crippen LogP contribution is -2.42. The summed E-state index contributed by atoms with van der Waals surface area (Å²) in [5.41, 5.74) is 11.8. The molecule has 0 aromatic heterocycles. The zero-order valence-electron chi connectivity index (χ0n) is 11.4. The van der Waals surface area contributed by atoms with Gasteiger partial charge in [0, 0.05) is 6.04 Å². The molecule has 5 nitrogen and oxygen atoms in total. The zero-order chi connectivity index (χ0) is 14.4. The van der Waals surface area contributed by atoms with Crippen molar-refractivity contribution in [2.75, 3.05) is 6.61 Å². The first-order valence-corrected chi connectivity index (χ1v) is 6.34. The van der Waals surface area contributed by atoms with Crippen molar-refractivity contribution in [2.24, 2.45) is 17.4 Å². The fourth-order valence-electron chi connectivity index (χ4n) is 1.64. The molecule has 0 bridgehead atoms. The van der Waals surface area contributed by atoms with Crippen molar-refractivity contribution < 1.29 is 14.6 Å². The molecule has 5 heteroatoms. The van der Waals surface area contributed by atoms with Gasteiger partial charge in [-0.05, 0) is 23.6 Å². The number of primary amides is 1. The monoisotopic (exact) mass is 266 g/mol. The van der Waals surface area contributed by atoms with Crippen LogP contribution in [0.15, 0.2) is 24.3 Å². The van der Waals surface area contributed by atoms with E-state index in [0.29, 0.717) is 5.75 Å². The summed E-state index contributed by atoms with van der Waals surface area (Å²) in [4.78, 5) is 10.8. The quantitative estimate of drug-likeness (QED) is 0.666. The summed E-state index contributed by atoms with van der Waals surface area (Å²) in [5, 5.41) is 9.81. The maximum atomic E-state index is 10.8. The SMILES string of the molecule is CC(C)C(N)C(O)COc1ccc(CC(N)=O)cc1. The number of rotatable bonds is 7. The predicted molar refractivity (Wildman–Crippen MR) is 73.7 cm³/mol. The van der Waals surface area contributed by atoms with Gasteiger partial charge < -0.3 is 21.3 Å². The van der Waals surface area contributed by atoms with E-state index in [1.807, 2.05) is 13.8 Å². The number of hydrogen-bond donors (Lipinski definition) is 3. The Morgan fingerprint density at radius 2 is 1.89 bits per heavy atom. The van der Waals surface area contributed by atoms with E-state index < -0.39 is 6.10 Å². The lowest BCUT2D eigenvalue weighted by molar-refractivity contribution is -0.117. The van der Waals surface area contributed by atoms with Gasteiger partial charge in [-0.3, -0.25) is 4.79 Å². The average Bonchev–Trinajstić information content (AvgIpc) is 2.35. The van der Waals surface area contributed by atoms with E-state index in [-0.39, 0.29) is 30.9 Å². The van der Waals surface area contributed by atoms with Crippen molar-refractivity contribution in [1.82, 2.24) is 0 Å². The van der Waals surface area contributed by atoms with Crippen LogP contribution in [0.25, 0.3) is 0 Å². The van der Waals surface area contributed by atoms with Crippen LogP contribution in [0.4, 0.5) is 0 Å². The molecule has 0 heterocycles. The molecule has 1 amide bonds. The topological polar surface area (TPSA) is 98.6 Å². The summed E-state index contributed by atoms with van der Waals surface area (Å²) in [6.07, 6.45) is -0.494. The first kappa shape index (κ1) is 15.5. The molecule has 0 saturated heterocycles. The van der Waals surface area contributed by atoms with Crippen molar-refractivity contribution in [2.45, 2.75) is 32.4 Å². The number of amides is 1. The highest BCUT2D eigenvalue weighted by molar-refractivity contribution is 5.76. The zero-order valence-corrected chi connectivity index (χ0v) is 11.4. The molecule has 1 aromatic carbocycles. The molecule has 0 spiro atoms. The molecule has 0 saturated carbocycles. The van der Waals surface area contributed by atoms with Crippen molar-refractivity contribution in [3.8, 4) is 5.75 Å². The van der Waals surface area contributed by atoms with Gasteiger partial charge in [0.1, 0.15) is 18.5 Å². The van der Waals surface area contributed by atoms with Gasteiger partial charge in [-0.1, -0.05) is 26.0 Å². The number of carbonyl (C=O) groups excluding carboxylic acids is 1. The van der Waals surface area contributed by atoms with Crippen LogP contribution in [-0.4, -0.2) is 29.8 Å². The van der Waals surface area contributed by atoms with E-state index >= 15 is 0 Å². The van der Waals surface area contributed by atoms with Crippen molar-refractivity contribution in [3.63, 3.8) is 0 Å². The Balaban J connectivity index is 2.47. The van der Waals surface area contributed by atoms with E-state index in [1.165, 1.54) is 0 Å². The number of aliphatic hydroxyl groups excluding tert-OH is 1. The van der Waals surface area contributed by atoms with E-state index in [1.54, 1.807) is 24.3 Å². The highest BCUT2D eigenvalue weighted by Crippen LogP contribution is 2.14. The standard InChI is InChI=1S/C14H22N2O3/c1-9(2)14(16)12(17)8-19-11-5-3-10(4-6-11)7-13(15)18/h3-6,9,12,14,17H,7-8,16H2,1-2H3,(H2,15,18).